The molecule has 0 unspecified atom stereocenters. The van der Waals surface area contributed by atoms with E-state index in [2.05, 4.69) is 5.32 Å². The first-order valence-corrected chi connectivity index (χ1v) is 7.75. The van der Waals surface area contributed by atoms with E-state index < -0.39 is 18.0 Å². The number of nitrogens with one attached hydrogen (secondary N) is 1. The number of rotatable bonds is 6. The minimum Gasteiger partial charge on any atom is -0.497 e. The molecule has 0 saturated carbocycles. The van der Waals surface area contributed by atoms with Crippen LogP contribution in [0.2, 0.25) is 0 Å². The molecular formula is C19H21NO5. The third kappa shape index (κ3) is 4.73. The van der Waals surface area contributed by atoms with Crippen molar-refractivity contribution in [3.8, 4) is 11.5 Å². The molecule has 1 N–H and O–H groups in total. The molecule has 0 aromatic heterocycles. The molecule has 0 aliphatic rings. The van der Waals surface area contributed by atoms with Gasteiger partial charge in [-0.2, -0.15) is 0 Å². The Labute approximate surface area is 146 Å². The predicted molar refractivity (Wildman–Crippen MR) is 94.2 cm³/mol. The van der Waals surface area contributed by atoms with E-state index in [1.807, 2.05) is 13.0 Å². The average molecular weight is 343 g/mol. The smallest absolute Gasteiger partial charge is 0.339 e. The zero-order valence-corrected chi connectivity index (χ0v) is 14.7. The Morgan fingerprint density at radius 1 is 1.04 bits per heavy atom. The highest BCUT2D eigenvalue weighted by Gasteiger charge is 2.20. The third-order valence-corrected chi connectivity index (χ3v) is 3.57. The van der Waals surface area contributed by atoms with Crippen LogP contribution >= 0.6 is 0 Å². The molecule has 132 valence electrons. The summed E-state index contributed by atoms with van der Waals surface area (Å²) in [6.45, 7) is 3.41. The van der Waals surface area contributed by atoms with Crippen molar-refractivity contribution >= 4 is 17.6 Å². The molecule has 2 aromatic carbocycles. The number of benzene rings is 2. The lowest BCUT2D eigenvalue weighted by Gasteiger charge is -2.16. The number of ether oxygens (including phenoxy) is 3. The monoisotopic (exact) mass is 343 g/mol. The fourth-order valence-corrected chi connectivity index (χ4v) is 2.19. The summed E-state index contributed by atoms with van der Waals surface area (Å²) in [5.41, 5.74) is 1.81. The molecular weight excluding hydrogens is 322 g/mol. The zero-order chi connectivity index (χ0) is 18.4. The number of esters is 1. The molecule has 0 spiro atoms. The summed E-state index contributed by atoms with van der Waals surface area (Å²) in [4.78, 5) is 24.5. The molecule has 0 fully saturated rings. The number of methoxy groups -OCH3 is 2. The molecule has 2 rings (SSSR count). The van der Waals surface area contributed by atoms with Gasteiger partial charge >= 0.3 is 5.97 Å². The minimum absolute atomic E-state index is 0.312. The second-order valence-corrected chi connectivity index (χ2v) is 5.47. The lowest BCUT2D eigenvalue weighted by molar-refractivity contribution is -0.123. The molecule has 0 saturated heterocycles. The van der Waals surface area contributed by atoms with Crippen LogP contribution in [0.4, 0.5) is 5.69 Å². The number of anilines is 1. The molecule has 6 heteroatoms. The Kier molecular flexibility index (Phi) is 6.00. The highest BCUT2D eigenvalue weighted by molar-refractivity contribution is 5.98. The summed E-state index contributed by atoms with van der Waals surface area (Å²) in [7, 11) is 3.03. The topological polar surface area (TPSA) is 73.9 Å². The summed E-state index contributed by atoms with van der Waals surface area (Å²) in [5.74, 6) is 0.0271. The van der Waals surface area contributed by atoms with Gasteiger partial charge in [-0.05, 0) is 49.7 Å². The van der Waals surface area contributed by atoms with E-state index in [0.29, 0.717) is 22.7 Å². The number of carbonyl (C=O) groups is 2. The Hall–Kier alpha value is -3.02. The first-order chi connectivity index (χ1) is 11.9. The zero-order valence-electron chi connectivity index (χ0n) is 14.7. The van der Waals surface area contributed by atoms with Crippen molar-refractivity contribution in [2.24, 2.45) is 0 Å². The van der Waals surface area contributed by atoms with E-state index in [0.717, 1.165) is 5.56 Å². The maximum atomic E-state index is 12.3. The molecule has 0 heterocycles. The Bertz CT molecular complexity index is 772. The summed E-state index contributed by atoms with van der Waals surface area (Å²) in [6, 6.07) is 12.0. The predicted octanol–water partition coefficient (Wildman–Crippen LogP) is 3.20. The third-order valence-electron chi connectivity index (χ3n) is 3.57. The van der Waals surface area contributed by atoms with Crippen molar-refractivity contribution in [1.29, 1.82) is 0 Å². The SMILES string of the molecule is COc1cccc(C(=O)O[C@H](C)C(=O)Nc2cc(C)ccc2OC)c1. The summed E-state index contributed by atoms with van der Waals surface area (Å²) in [6.07, 6.45) is -0.969. The fraction of sp³-hybridized carbons (Fsp3) is 0.263. The van der Waals surface area contributed by atoms with Crippen LogP contribution < -0.4 is 14.8 Å². The molecule has 6 nitrogen and oxygen atoms in total. The lowest BCUT2D eigenvalue weighted by Crippen LogP contribution is -2.30. The maximum Gasteiger partial charge on any atom is 0.339 e. The van der Waals surface area contributed by atoms with Gasteiger partial charge in [0.15, 0.2) is 6.10 Å². The molecule has 2 aromatic rings. The fourth-order valence-electron chi connectivity index (χ4n) is 2.19. The Morgan fingerprint density at radius 2 is 1.80 bits per heavy atom. The highest BCUT2D eigenvalue weighted by Crippen LogP contribution is 2.25. The quantitative estimate of drug-likeness (QED) is 0.816. The first kappa shape index (κ1) is 18.3. The minimum atomic E-state index is -0.969. The van der Waals surface area contributed by atoms with Crippen LogP contribution in [0.3, 0.4) is 0 Å². The molecule has 0 bridgehead atoms. The summed E-state index contributed by atoms with van der Waals surface area (Å²) < 4.78 is 15.5. The number of carbonyl (C=O) groups excluding carboxylic acids is 2. The van der Waals surface area contributed by atoms with Crippen molar-refractivity contribution in [2.45, 2.75) is 20.0 Å². The normalized spacial score (nSPS) is 11.4. The van der Waals surface area contributed by atoms with E-state index in [1.54, 1.807) is 36.4 Å². The molecule has 0 aliphatic carbocycles. The van der Waals surface area contributed by atoms with Crippen molar-refractivity contribution in [3.05, 3.63) is 53.6 Å². The number of hydrogen-bond donors (Lipinski definition) is 1. The lowest BCUT2D eigenvalue weighted by atomic mass is 10.2. The van der Waals surface area contributed by atoms with E-state index >= 15 is 0 Å². The number of amides is 1. The van der Waals surface area contributed by atoms with E-state index in [4.69, 9.17) is 14.2 Å². The largest absolute Gasteiger partial charge is 0.497 e. The van der Waals surface area contributed by atoms with Crippen LogP contribution in [-0.2, 0) is 9.53 Å². The van der Waals surface area contributed by atoms with Crippen LogP contribution in [0.15, 0.2) is 42.5 Å². The van der Waals surface area contributed by atoms with Gasteiger partial charge in [0.25, 0.3) is 5.91 Å². The van der Waals surface area contributed by atoms with Gasteiger partial charge in [0.05, 0.1) is 25.5 Å². The van der Waals surface area contributed by atoms with Crippen molar-refractivity contribution in [2.75, 3.05) is 19.5 Å². The van der Waals surface area contributed by atoms with Gasteiger partial charge in [-0.3, -0.25) is 4.79 Å². The van der Waals surface area contributed by atoms with Crippen LogP contribution in [0.1, 0.15) is 22.8 Å². The van der Waals surface area contributed by atoms with Gasteiger partial charge in [0.1, 0.15) is 11.5 Å². The van der Waals surface area contributed by atoms with Crippen molar-refractivity contribution in [3.63, 3.8) is 0 Å². The van der Waals surface area contributed by atoms with Crippen LogP contribution in [0, 0.1) is 6.92 Å². The molecule has 0 radical (unpaired) electrons. The average Bonchev–Trinajstić information content (AvgIpc) is 2.61. The number of hydrogen-bond acceptors (Lipinski definition) is 5. The van der Waals surface area contributed by atoms with E-state index in [1.165, 1.54) is 21.1 Å². The Balaban J connectivity index is 2.05. The van der Waals surface area contributed by atoms with E-state index in [9.17, 15) is 9.59 Å². The summed E-state index contributed by atoms with van der Waals surface area (Å²) in [5, 5.41) is 2.72. The van der Waals surface area contributed by atoms with Gasteiger partial charge in [-0.25, -0.2) is 4.79 Å². The van der Waals surface area contributed by atoms with Crippen LogP contribution in [0.25, 0.3) is 0 Å². The van der Waals surface area contributed by atoms with Crippen molar-refractivity contribution < 1.29 is 23.8 Å². The van der Waals surface area contributed by atoms with Crippen molar-refractivity contribution in [1.82, 2.24) is 0 Å². The molecule has 0 aliphatic heterocycles. The first-order valence-electron chi connectivity index (χ1n) is 7.75. The van der Waals surface area contributed by atoms with Gasteiger partial charge in [0, 0.05) is 0 Å². The highest BCUT2D eigenvalue weighted by atomic mass is 16.5. The summed E-state index contributed by atoms with van der Waals surface area (Å²) >= 11 is 0. The van der Waals surface area contributed by atoms with Crippen LogP contribution in [0.5, 0.6) is 11.5 Å². The van der Waals surface area contributed by atoms with Crippen LogP contribution in [-0.4, -0.2) is 32.2 Å². The van der Waals surface area contributed by atoms with Gasteiger partial charge < -0.3 is 19.5 Å². The second-order valence-electron chi connectivity index (χ2n) is 5.47. The van der Waals surface area contributed by atoms with Gasteiger partial charge in [0.2, 0.25) is 0 Å². The molecule has 1 atom stereocenters. The standard InChI is InChI=1S/C19H21NO5/c1-12-8-9-17(24-4)16(10-12)20-18(21)13(2)25-19(22)14-6-5-7-15(11-14)23-3/h5-11,13H,1-4H3,(H,20,21)/t13-/m1/s1. The number of aryl methyl sites for hydroxylation is 1. The second kappa shape index (κ2) is 8.19. The molecule has 1 amide bonds. The molecule has 25 heavy (non-hydrogen) atoms. The maximum absolute atomic E-state index is 12.3. The van der Waals surface area contributed by atoms with E-state index in [-0.39, 0.29) is 0 Å². The van der Waals surface area contributed by atoms with Gasteiger partial charge in [-0.1, -0.05) is 12.1 Å². The Morgan fingerprint density at radius 3 is 2.48 bits per heavy atom. The van der Waals surface area contributed by atoms with Gasteiger partial charge in [-0.15, -0.1) is 0 Å².